The van der Waals surface area contributed by atoms with Crippen molar-refractivity contribution >= 4 is 10.1 Å². The van der Waals surface area contributed by atoms with Gasteiger partial charge in [-0.2, -0.15) is 8.42 Å². The minimum Gasteiger partial charge on any atom is -0.870 e. The van der Waals surface area contributed by atoms with Crippen molar-refractivity contribution in [3.05, 3.63) is 48.0 Å². The molecule has 1 N–H and O–H groups in total. The molecule has 0 aliphatic rings. The van der Waals surface area contributed by atoms with Gasteiger partial charge in [0.15, 0.2) is 0 Å². The van der Waals surface area contributed by atoms with Gasteiger partial charge < -0.3 is 9.84 Å². The molecule has 5 nitrogen and oxygen atoms in total. The first-order valence-electron chi connectivity index (χ1n) is 8.46. The molecule has 0 bridgehead atoms. The molecular weight excluding hydrogens is 363 g/mol. The van der Waals surface area contributed by atoms with Crippen LogP contribution >= 0.6 is 0 Å². The van der Waals surface area contributed by atoms with Gasteiger partial charge in [0.2, 0.25) is 0 Å². The second-order valence-electron chi connectivity index (χ2n) is 5.96. The van der Waals surface area contributed by atoms with Crippen molar-refractivity contribution < 1.29 is 52.4 Å². The van der Waals surface area contributed by atoms with Gasteiger partial charge in [-0.25, -0.2) is 0 Å². The first-order valence-corrected chi connectivity index (χ1v) is 9.90. The number of rotatable bonds is 9. The summed E-state index contributed by atoms with van der Waals surface area (Å²) in [5, 5.41) is 12.5. The fourth-order valence-corrected chi connectivity index (χ4v) is 3.04. The maximum atomic E-state index is 12.5. The minimum atomic E-state index is -4.24. The fraction of sp³-hybridized carbons (Fsp3) is 0.368. The number of unbranched alkanes of at least 4 members (excludes halogenated alkanes) is 4. The van der Waals surface area contributed by atoms with Crippen LogP contribution in [0.2, 0.25) is 0 Å². The molecule has 2 aromatic rings. The molecule has 0 aromatic heterocycles. The molecule has 0 atom stereocenters. The third-order valence-electron chi connectivity index (χ3n) is 3.96. The van der Waals surface area contributed by atoms with E-state index in [0.717, 1.165) is 24.8 Å². The van der Waals surface area contributed by atoms with Crippen LogP contribution in [-0.2, 0) is 16.5 Å². The van der Waals surface area contributed by atoms with Crippen LogP contribution in [0.3, 0.4) is 0 Å². The smallest absolute Gasteiger partial charge is 0.870 e. The largest absolute Gasteiger partial charge is 1.00 e. The van der Waals surface area contributed by atoms with Crippen molar-refractivity contribution in [2.45, 2.75) is 50.3 Å². The number of aryl methyl sites for hydroxylation is 1. The Hall–Kier alpha value is -1.05. The molecule has 2 aromatic carbocycles. The van der Waals surface area contributed by atoms with Gasteiger partial charge in [0.1, 0.15) is 11.5 Å². The summed E-state index contributed by atoms with van der Waals surface area (Å²) >= 11 is 0. The van der Waals surface area contributed by atoms with Crippen molar-refractivity contribution in [1.82, 2.24) is 0 Å². The molecule has 0 fully saturated rings. The van der Waals surface area contributed by atoms with E-state index in [9.17, 15) is 13.5 Å². The van der Waals surface area contributed by atoms with Gasteiger partial charge in [-0.05, 0) is 43.2 Å². The first-order chi connectivity index (χ1) is 11.9. The van der Waals surface area contributed by atoms with Crippen molar-refractivity contribution in [2.24, 2.45) is 0 Å². The van der Waals surface area contributed by atoms with E-state index in [1.807, 2.05) is 6.07 Å². The summed E-state index contributed by atoms with van der Waals surface area (Å²) in [5.74, 6) is 0.409. The third-order valence-corrected chi connectivity index (χ3v) is 4.83. The predicted molar refractivity (Wildman–Crippen MR) is 94.7 cm³/mol. The Morgan fingerprint density at radius 1 is 1.00 bits per heavy atom. The fourth-order valence-electron chi connectivity index (χ4n) is 2.56. The van der Waals surface area contributed by atoms with E-state index in [-0.39, 0.29) is 46.0 Å². The molecule has 0 aliphatic carbocycles. The Balaban J connectivity index is 0.00000338. The summed E-state index contributed by atoms with van der Waals surface area (Å²) in [7, 11) is -4.24. The average Bonchev–Trinajstić information content (AvgIpc) is 2.57. The standard InChI is InChI=1S/C19H24O5S.Na/c1-2-3-4-5-6-8-15-9-7-10-18(19(15)20)24-16-11-13-17(14-12-16)25(21,22)23;/h7,9-14,20H,2-6,8H2,1H3,(H,21,22,23);/q;+1/p-1. The minimum absolute atomic E-state index is 0. The van der Waals surface area contributed by atoms with Crippen LogP contribution in [0.5, 0.6) is 17.2 Å². The number of ether oxygens (including phenoxy) is 1. The summed E-state index contributed by atoms with van der Waals surface area (Å²) in [6.07, 6.45) is 6.39. The monoisotopic (exact) mass is 386 g/mol. The Kier molecular flexibility index (Phi) is 9.68. The summed E-state index contributed by atoms with van der Waals surface area (Å²) in [6.45, 7) is 2.17. The molecule has 0 saturated carbocycles. The van der Waals surface area contributed by atoms with E-state index in [0.29, 0.717) is 5.75 Å². The normalized spacial score (nSPS) is 11.0. The van der Waals surface area contributed by atoms with E-state index in [2.05, 4.69) is 6.92 Å². The maximum absolute atomic E-state index is 12.5. The van der Waals surface area contributed by atoms with E-state index in [1.54, 1.807) is 12.1 Å². The maximum Gasteiger partial charge on any atom is 1.00 e. The van der Waals surface area contributed by atoms with E-state index in [4.69, 9.17) is 9.29 Å². The van der Waals surface area contributed by atoms with Gasteiger partial charge in [0.25, 0.3) is 10.1 Å². The van der Waals surface area contributed by atoms with Crippen LogP contribution in [0.4, 0.5) is 0 Å². The Morgan fingerprint density at radius 2 is 1.65 bits per heavy atom. The molecule has 7 heteroatoms. The zero-order valence-corrected chi connectivity index (χ0v) is 18.1. The van der Waals surface area contributed by atoms with Crippen LogP contribution in [0.25, 0.3) is 0 Å². The summed E-state index contributed by atoms with van der Waals surface area (Å²) in [4.78, 5) is -0.219. The Labute approximate surface area is 177 Å². The van der Waals surface area contributed by atoms with Crippen LogP contribution in [0.1, 0.15) is 44.6 Å². The number of benzene rings is 2. The van der Waals surface area contributed by atoms with Crippen LogP contribution in [0, 0.1) is 0 Å². The summed E-state index contributed by atoms with van der Waals surface area (Å²) in [5.41, 5.74) is 0.726. The zero-order chi connectivity index (χ0) is 18.3. The molecule has 0 unspecified atom stereocenters. The molecule has 0 aliphatic heterocycles. The van der Waals surface area contributed by atoms with Gasteiger partial charge in [0.05, 0.1) is 4.90 Å². The van der Waals surface area contributed by atoms with Gasteiger partial charge in [-0.15, -0.1) is 0 Å². The molecule has 136 valence electrons. The van der Waals surface area contributed by atoms with Crippen molar-refractivity contribution in [2.75, 3.05) is 0 Å². The molecule has 0 spiro atoms. The zero-order valence-electron chi connectivity index (χ0n) is 15.3. The number of hydrogen-bond donors (Lipinski definition) is 1. The number of hydrogen-bond acceptors (Lipinski definition) is 4. The summed E-state index contributed by atoms with van der Waals surface area (Å²) < 4.78 is 36.6. The van der Waals surface area contributed by atoms with Crippen LogP contribution in [-0.4, -0.2) is 13.0 Å². The molecule has 26 heavy (non-hydrogen) atoms. The van der Waals surface area contributed by atoms with Crippen molar-refractivity contribution in [1.29, 1.82) is 0 Å². The SMILES string of the molecule is CCCCCCCc1cccc(Oc2ccc(S(=O)(=O)O)cc2)c1[O-].[Na+]. The molecule has 0 amide bonds. The average molecular weight is 386 g/mol. The third kappa shape index (κ3) is 6.93. The van der Waals surface area contributed by atoms with E-state index < -0.39 is 10.1 Å². The molecular formula is C19H23NaO5S. The molecule has 0 heterocycles. The van der Waals surface area contributed by atoms with E-state index in [1.165, 1.54) is 43.5 Å². The van der Waals surface area contributed by atoms with Crippen LogP contribution in [0.15, 0.2) is 47.4 Å². The second-order valence-corrected chi connectivity index (χ2v) is 7.38. The summed E-state index contributed by atoms with van der Waals surface area (Å²) in [6, 6.07) is 10.5. The van der Waals surface area contributed by atoms with Gasteiger partial charge in [-0.1, -0.05) is 56.1 Å². The molecule has 0 radical (unpaired) electrons. The second kappa shape index (κ2) is 10.9. The van der Waals surface area contributed by atoms with E-state index >= 15 is 0 Å². The van der Waals surface area contributed by atoms with Crippen molar-refractivity contribution in [3.63, 3.8) is 0 Å². The first kappa shape index (κ1) is 23.0. The Morgan fingerprint density at radius 3 is 2.27 bits per heavy atom. The Bertz CT molecular complexity index is 788. The van der Waals surface area contributed by atoms with Crippen molar-refractivity contribution in [3.8, 4) is 17.2 Å². The van der Waals surface area contributed by atoms with Crippen LogP contribution < -0.4 is 39.4 Å². The van der Waals surface area contributed by atoms with Gasteiger partial charge >= 0.3 is 29.6 Å². The van der Waals surface area contributed by atoms with Gasteiger partial charge in [-0.3, -0.25) is 4.55 Å². The number of para-hydroxylation sites is 1. The topological polar surface area (TPSA) is 86.7 Å². The predicted octanol–water partition coefficient (Wildman–Crippen LogP) is 1.32. The van der Waals surface area contributed by atoms with Gasteiger partial charge in [0, 0.05) is 0 Å². The molecule has 2 rings (SSSR count). The molecule has 0 saturated heterocycles. The quantitative estimate of drug-likeness (QED) is 0.399.